The van der Waals surface area contributed by atoms with Crippen molar-refractivity contribution >= 4 is 7.82 Å². The molecule has 0 unspecified atom stereocenters. The molecule has 0 bridgehead atoms. The van der Waals surface area contributed by atoms with Gasteiger partial charge in [-0.15, -0.1) is 0 Å². The lowest BCUT2D eigenvalue weighted by Crippen LogP contribution is -2.15. The highest BCUT2D eigenvalue weighted by atomic mass is 31.2. The van der Waals surface area contributed by atoms with Gasteiger partial charge < -0.3 is 9.05 Å². The van der Waals surface area contributed by atoms with E-state index in [1.165, 1.54) is 12.8 Å². The first kappa shape index (κ1) is 17.1. The molecular weight excluding hydrogens is 323 g/mol. The molecule has 128 valence electrons. The fourth-order valence-electron chi connectivity index (χ4n) is 2.81. The largest absolute Gasteiger partial charge is 0.587 e. The van der Waals surface area contributed by atoms with Crippen LogP contribution in [0.4, 0.5) is 0 Å². The molecule has 0 radical (unpaired) electrons. The van der Waals surface area contributed by atoms with Crippen molar-refractivity contribution in [1.29, 1.82) is 0 Å². The second-order valence-electron chi connectivity index (χ2n) is 5.97. The van der Waals surface area contributed by atoms with Gasteiger partial charge in [0, 0.05) is 0 Å². The molecule has 1 aliphatic carbocycles. The number of hydrogen-bond acceptors (Lipinski definition) is 4. The third kappa shape index (κ3) is 5.12. The predicted molar refractivity (Wildman–Crippen MR) is 94.3 cm³/mol. The molecule has 4 nitrogen and oxygen atoms in total. The second kappa shape index (κ2) is 8.36. The molecule has 3 rings (SSSR count). The standard InChI is InChI=1S/C19H23O4P/c20-24(22-18-13-7-3-8-14-18,23-19-15-9-4-10-16-19)21-17-11-5-1-2-6-12-17/h3-4,7-10,13-17H,1-2,5-6,11-12H2. The number of hydrogen-bond donors (Lipinski definition) is 0. The van der Waals surface area contributed by atoms with Crippen molar-refractivity contribution in [3.8, 4) is 11.5 Å². The van der Waals surface area contributed by atoms with Crippen molar-refractivity contribution in [2.45, 2.75) is 44.6 Å². The molecule has 0 spiro atoms. The Kier molecular flexibility index (Phi) is 5.95. The van der Waals surface area contributed by atoms with Gasteiger partial charge in [0.2, 0.25) is 0 Å². The van der Waals surface area contributed by atoms with Gasteiger partial charge in [-0.25, -0.2) is 4.57 Å². The maximum Gasteiger partial charge on any atom is 0.587 e. The van der Waals surface area contributed by atoms with Crippen molar-refractivity contribution in [3.63, 3.8) is 0 Å². The summed E-state index contributed by atoms with van der Waals surface area (Å²) in [6.45, 7) is 0. The fraction of sp³-hybridized carbons (Fsp3) is 0.368. The van der Waals surface area contributed by atoms with Gasteiger partial charge >= 0.3 is 7.82 Å². The van der Waals surface area contributed by atoms with E-state index in [1.54, 1.807) is 24.3 Å². The van der Waals surface area contributed by atoms with Gasteiger partial charge in [0.15, 0.2) is 0 Å². The van der Waals surface area contributed by atoms with E-state index in [4.69, 9.17) is 13.6 Å². The monoisotopic (exact) mass is 346 g/mol. The van der Waals surface area contributed by atoms with Gasteiger partial charge in [0.05, 0.1) is 6.10 Å². The van der Waals surface area contributed by atoms with Gasteiger partial charge in [0.1, 0.15) is 11.5 Å². The summed E-state index contributed by atoms with van der Waals surface area (Å²) in [6.07, 6.45) is 6.25. The van der Waals surface area contributed by atoms with Crippen LogP contribution in [0.1, 0.15) is 38.5 Å². The summed E-state index contributed by atoms with van der Waals surface area (Å²) in [7, 11) is -3.75. The zero-order valence-corrected chi connectivity index (χ0v) is 14.6. The van der Waals surface area contributed by atoms with Crippen LogP contribution < -0.4 is 9.05 Å². The number of benzene rings is 2. The topological polar surface area (TPSA) is 44.8 Å². The van der Waals surface area contributed by atoms with E-state index < -0.39 is 7.82 Å². The van der Waals surface area contributed by atoms with Gasteiger partial charge in [0.25, 0.3) is 0 Å². The highest BCUT2D eigenvalue weighted by Crippen LogP contribution is 2.51. The summed E-state index contributed by atoms with van der Waals surface area (Å²) in [4.78, 5) is 0. The van der Waals surface area contributed by atoms with Gasteiger partial charge in [-0.1, -0.05) is 62.1 Å². The van der Waals surface area contributed by atoms with Crippen molar-refractivity contribution in [2.75, 3.05) is 0 Å². The van der Waals surface area contributed by atoms with Crippen molar-refractivity contribution in [1.82, 2.24) is 0 Å². The van der Waals surface area contributed by atoms with Crippen molar-refractivity contribution < 1.29 is 18.1 Å². The molecular formula is C19H23O4P. The smallest absolute Gasteiger partial charge is 0.395 e. The molecule has 2 aromatic rings. The Balaban J connectivity index is 1.77. The summed E-state index contributed by atoms with van der Waals surface area (Å²) >= 11 is 0. The lowest BCUT2D eigenvalue weighted by molar-refractivity contribution is 0.130. The Hall–Kier alpha value is -1.77. The molecule has 1 fully saturated rings. The molecule has 0 aromatic heterocycles. The average molecular weight is 346 g/mol. The van der Waals surface area contributed by atoms with Gasteiger partial charge in [-0.05, 0) is 37.1 Å². The zero-order valence-electron chi connectivity index (χ0n) is 13.7. The van der Waals surface area contributed by atoms with Crippen LogP contribution in [0, 0.1) is 0 Å². The summed E-state index contributed by atoms with van der Waals surface area (Å²) in [6, 6.07) is 18.1. The molecule has 2 aromatic carbocycles. The summed E-state index contributed by atoms with van der Waals surface area (Å²) in [5, 5.41) is 0. The maximum absolute atomic E-state index is 13.3. The van der Waals surface area contributed by atoms with E-state index in [1.807, 2.05) is 36.4 Å². The first-order valence-corrected chi connectivity index (χ1v) is 9.97. The summed E-state index contributed by atoms with van der Waals surface area (Å²) < 4.78 is 30.5. The second-order valence-corrected chi connectivity index (χ2v) is 7.45. The average Bonchev–Trinajstić information content (AvgIpc) is 2.85. The first-order valence-electron chi connectivity index (χ1n) is 8.51. The Bertz CT molecular complexity index is 606. The first-order chi connectivity index (χ1) is 11.7. The van der Waals surface area contributed by atoms with Crippen LogP contribution >= 0.6 is 7.82 Å². The third-order valence-corrected chi connectivity index (χ3v) is 5.43. The van der Waals surface area contributed by atoms with Crippen LogP contribution in [0.15, 0.2) is 60.7 Å². The Labute approximate surface area is 143 Å². The zero-order chi connectivity index (χ0) is 16.7. The van der Waals surface area contributed by atoms with Gasteiger partial charge in [-0.3, -0.25) is 4.52 Å². The van der Waals surface area contributed by atoms with E-state index in [2.05, 4.69) is 0 Å². The van der Waals surface area contributed by atoms with Crippen molar-refractivity contribution in [3.05, 3.63) is 60.7 Å². The molecule has 0 atom stereocenters. The Morgan fingerprint density at radius 3 is 1.62 bits per heavy atom. The molecule has 1 saturated carbocycles. The Morgan fingerprint density at radius 1 is 0.708 bits per heavy atom. The van der Waals surface area contributed by atoms with E-state index >= 15 is 0 Å². The van der Waals surface area contributed by atoms with Crippen LogP contribution in [0.5, 0.6) is 11.5 Å². The molecule has 0 amide bonds. The molecule has 24 heavy (non-hydrogen) atoms. The van der Waals surface area contributed by atoms with E-state index in [0.29, 0.717) is 11.5 Å². The van der Waals surface area contributed by atoms with Crippen LogP contribution in [0.3, 0.4) is 0 Å². The third-order valence-electron chi connectivity index (χ3n) is 4.00. The fourth-order valence-corrected chi connectivity index (χ4v) is 4.27. The Morgan fingerprint density at radius 2 is 1.17 bits per heavy atom. The number of phosphoric ester groups is 1. The molecule has 1 aliphatic rings. The summed E-state index contributed by atoms with van der Waals surface area (Å²) in [5.41, 5.74) is 0. The molecule has 0 N–H and O–H groups in total. The van der Waals surface area contributed by atoms with Crippen LogP contribution in [0.2, 0.25) is 0 Å². The highest BCUT2D eigenvalue weighted by molar-refractivity contribution is 7.49. The van der Waals surface area contributed by atoms with Crippen LogP contribution in [0.25, 0.3) is 0 Å². The number of rotatable bonds is 6. The maximum atomic E-state index is 13.3. The van der Waals surface area contributed by atoms with Crippen LogP contribution in [-0.4, -0.2) is 6.10 Å². The molecule has 5 heteroatoms. The lowest BCUT2D eigenvalue weighted by atomic mass is 10.2. The normalized spacial score (nSPS) is 16.3. The van der Waals surface area contributed by atoms with Crippen LogP contribution in [-0.2, 0) is 9.09 Å². The minimum absolute atomic E-state index is 0.0919. The van der Waals surface area contributed by atoms with E-state index in [0.717, 1.165) is 25.7 Å². The molecule has 0 heterocycles. The predicted octanol–water partition coefficient (Wildman–Crippen LogP) is 5.99. The SMILES string of the molecule is O=P(Oc1ccccc1)(Oc1ccccc1)OC1CCCCCC1. The summed E-state index contributed by atoms with van der Waals surface area (Å²) in [5.74, 6) is 0.954. The minimum atomic E-state index is -3.75. The number of phosphoric acid groups is 1. The minimum Gasteiger partial charge on any atom is -0.395 e. The molecule has 0 aliphatic heterocycles. The lowest BCUT2D eigenvalue weighted by Gasteiger charge is -2.23. The van der Waals surface area contributed by atoms with E-state index in [-0.39, 0.29) is 6.10 Å². The van der Waals surface area contributed by atoms with Gasteiger partial charge in [-0.2, -0.15) is 0 Å². The molecule has 0 saturated heterocycles. The quantitative estimate of drug-likeness (QED) is 0.476. The van der Waals surface area contributed by atoms with E-state index in [9.17, 15) is 4.57 Å². The van der Waals surface area contributed by atoms with Crippen molar-refractivity contribution in [2.24, 2.45) is 0 Å². The number of para-hydroxylation sites is 2. The highest BCUT2D eigenvalue weighted by Gasteiger charge is 2.34.